The number of hydrogen-bond donors (Lipinski definition) is 0. The molecule has 0 fully saturated rings. The lowest BCUT2D eigenvalue weighted by molar-refractivity contribution is 0.0475. The predicted molar refractivity (Wildman–Crippen MR) is 99.4 cm³/mol. The number of esters is 1. The third kappa shape index (κ3) is 4.20. The fourth-order valence-corrected chi connectivity index (χ4v) is 2.66. The van der Waals surface area contributed by atoms with Crippen LogP contribution in [0.3, 0.4) is 0 Å². The van der Waals surface area contributed by atoms with Crippen LogP contribution in [0, 0.1) is 5.82 Å². The van der Waals surface area contributed by atoms with Crippen LogP contribution in [0.2, 0.25) is 0 Å². The van der Waals surface area contributed by atoms with E-state index in [1.807, 2.05) is 42.5 Å². The van der Waals surface area contributed by atoms with Crippen molar-refractivity contribution in [2.24, 2.45) is 0 Å². The summed E-state index contributed by atoms with van der Waals surface area (Å²) in [4.78, 5) is 24.7. The lowest BCUT2D eigenvalue weighted by atomic mass is 10.00. The monoisotopic (exact) mass is 364 g/mol. The van der Waals surface area contributed by atoms with Crippen molar-refractivity contribution < 1.29 is 23.5 Å². The Morgan fingerprint density at radius 3 is 2.33 bits per heavy atom. The average Bonchev–Trinajstić information content (AvgIpc) is 2.72. The third-order valence-electron chi connectivity index (χ3n) is 4.04. The number of carbonyl (C=O) groups excluding carboxylic acids is 2. The SMILES string of the molecule is COc1ccc(C(=O)COC(=O)c2ccccc2-c2ccccc2)cc1F. The van der Waals surface area contributed by atoms with Gasteiger partial charge in [-0.3, -0.25) is 4.79 Å². The van der Waals surface area contributed by atoms with Gasteiger partial charge >= 0.3 is 5.97 Å². The van der Waals surface area contributed by atoms with E-state index in [4.69, 9.17) is 9.47 Å². The molecule has 0 heterocycles. The Bertz CT molecular complexity index is 967. The van der Waals surface area contributed by atoms with Gasteiger partial charge in [0.05, 0.1) is 12.7 Å². The van der Waals surface area contributed by atoms with E-state index in [-0.39, 0.29) is 11.3 Å². The predicted octanol–water partition coefficient (Wildman–Crippen LogP) is 4.54. The van der Waals surface area contributed by atoms with Gasteiger partial charge in [-0.15, -0.1) is 0 Å². The van der Waals surface area contributed by atoms with Gasteiger partial charge in [0.2, 0.25) is 0 Å². The molecule has 0 bridgehead atoms. The summed E-state index contributed by atoms with van der Waals surface area (Å²) >= 11 is 0. The topological polar surface area (TPSA) is 52.6 Å². The molecule has 5 heteroatoms. The quantitative estimate of drug-likeness (QED) is 0.476. The molecule has 0 unspecified atom stereocenters. The Kier molecular flexibility index (Phi) is 5.61. The van der Waals surface area contributed by atoms with Crippen LogP contribution in [0.15, 0.2) is 72.8 Å². The van der Waals surface area contributed by atoms with Gasteiger partial charge in [-0.25, -0.2) is 9.18 Å². The largest absolute Gasteiger partial charge is 0.494 e. The van der Waals surface area contributed by atoms with Crippen molar-refractivity contribution >= 4 is 11.8 Å². The molecule has 0 N–H and O–H groups in total. The first-order valence-electron chi connectivity index (χ1n) is 8.28. The molecule has 3 rings (SSSR count). The zero-order valence-corrected chi connectivity index (χ0v) is 14.6. The normalized spacial score (nSPS) is 10.3. The molecule has 0 aliphatic rings. The highest BCUT2D eigenvalue weighted by atomic mass is 19.1. The second kappa shape index (κ2) is 8.27. The first-order chi connectivity index (χ1) is 13.1. The number of carbonyl (C=O) groups is 2. The van der Waals surface area contributed by atoms with Gasteiger partial charge in [-0.1, -0.05) is 48.5 Å². The Morgan fingerprint density at radius 2 is 1.63 bits per heavy atom. The van der Waals surface area contributed by atoms with E-state index in [1.165, 1.54) is 19.2 Å². The van der Waals surface area contributed by atoms with Crippen LogP contribution < -0.4 is 4.74 Å². The summed E-state index contributed by atoms with van der Waals surface area (Å²) in [7, 11) is 1.34. The molecule has 0 saturated carbocycles. The summed E-state index contributed by atoms with van der Waals surface area (Å²) in [6.45, 7) is -0.478. The maximum absolute atomic E-state index is 13.7. The minimum absolute atomic E-state index is 0.0420. The van der Waals surface area contributed by atoms with Crippen LogP contribution in [0.25, 0.3) is 11.1 Å². The second-order valence-electron chi connectivity index (χ2n) is 5.76. The Labute approximate surface area is 156 Å². The number of ether oxygens (including phenoxy) is 2. The van der Waals surface area contributed by atoms with Crippen molar-refractivity contribution in [2.75, 3.05) is 13.7 Å². The highest BCUT2D eigenvalue weighted by molar-refractivity contribution is 6.01. The summed E-state index contributed by atoms with van der Waals surface area (Å²) in [5.74, 6) is -1.72. The molecule has 0 aliphatic carbocycles. The lowest BCUT2D eigenvalue weighted by Gasteiger charge is -2.10. The molecule has 0 aromatic heterocycles. The van der Waals surface area contributed by atoms with Crippen LogP contribution >= 0.6 is 0 Å². The van der Waals surface area contributed by atoms with Crippen LogP contribution in [0.1, 0.15) is 20.7 Å². The highest BCUT2D eigenvalue weighted by Gasteiger charge is 2.17. The number of rotatable bonds is 6. The average molecular weight is 364 g/mol. The van der Waals surface area contributed by atoms with Crippen LogP contribution in [0.4, 0.5) is 4.39 Å². The lowest BCUT2D eigenvalue weighted by Crippen LogP contribution is -2.15. The molecule has 3 aromatic rings. The Balaban J connectivity index is 1.73. The Morgan fingerprint density at radius 1 is 0.926 bits per heavy atom. The molecule has 27 heavy (non-hydrogen) atoms. The molecule has 0 amide bonds. The van der Waals surface area contributed by atoms with E-state index < -0.39 is 24.2 Å². The zero-order chi connectivity index (χ0) is 19.2. The number of hydrogen-bond acceptors (Lipinski definition) is 4. The fraction of sp³-hybridized carbons (Fsp3) is 0.0909. The van der Waals surface area contributed by atoms with Crippen molar-refractivity contribution in [3.05, 3.63) is 89.7 Å². The van der Waals surface area contributed by atoms with Crippen LogP contribution in [0.5, 0.6) is 5.75 Å². The van der Waals surface area contributed by atoms with Crippen LogP contribution in [-0.2, 0) is 4.74 Å². The molecule has 0 aliphatic heterocycles. The van der Waals surface area contributed by atoms with Crippen molar-refractivity contribution in [1.29, 1.82) is 0 Å². The molecule has 0 radical (unpaired) electrons. The number of ketones is 1. The highest BCUT2D eigenvalue weighted by Crippen LogP contribution is 2.24. The van der Waals surface area contributed by atoms with E-state index in [2.05, 4.69) is 0 Å². The molecule has 0 spiro atoms. The minimum Gasteiger partial charge on any atom is -0.494 e. The van der Waals surface area contributed by atoms with Crippen molar-refractivity contribution in [1.82, 2.24) is 0 Å². The van der Waals surface area contributed by atoms with Crippen LogP contribution in [-0.4, -0.2) is 25.5 Å². The Hall–Kier alpha value is -3.47. The van der Waals surface area contributed by atoms with Gasteiger partial charge in [0.1, 0.15) is 0 Å². The molecule has 0 atom stereocenters. The van der Waals surface area contributed by atoms with Crippen molar-refractivity contribution in [3.63, 3.8) is 0 Å². The van der Waals surface area contributed by atoms with E-state index in [1.54, 1.807) is 12.1 Å². The summed E-state index contributed by atoms with van der Waals surface area (Å²) in [6.07, 6.45) is 0. The summed E-state index contributed by atoms with van der Waals surface area (Å²) in [5.41, 5.74) is 2.05. The number of benzene rings is 3. The van der Waals surface area contributed by atoms with E-state index >= 15 is 0 Å². The summed E-state index contributed by atoms with van der Waals surface area (Å²) in [6, 6.07) is 20.3. The summed E-state index contributed by atoms with van der Waals surface area (Å²) in [5, 5.41) is 0. The molecular weight excluding hydrogens is 347 g/mol. The smallest absolute Gasteiger partial charge is 0.339 e. The van der Waals surface area contributed by atoms with Gasteiger partial charge in [-0.2, -0.15) is 0 Å². The molecule has 3 aromatic carbocycles. The standard InChI is InChI=1S/C22H17FO4/c1-26-21-12-11-16(13-19(21)23)20(24)14-27-22(25)18-10-6-5-9-17(18)15-7-3-2-4-8-15/h2-13H,14H2,1H3. The zero-order valence-electron chi connectivity index (χ0n) is 14.6. The number of halogens is 1. The number of Topliss-reactive ketones (excluding diaryl/α,β-unsaturated/α-hetero) is 1. The van der Waals surface area contributed by atoms with Gasteiger partial charge < -0.3 is 9.47 Å². The molecule has 136 valence electrons. The number of methoxy groups -OCH3 is 1. The third-order valence-corrected chi connectivity index (χ3v) is 4.04. The molecular formula is C22H17FO4. The van der Waals surface area contributed by atoms with Crippen molar-refractivity contribution in [2.45, 2.75) is 0 Å². The van der Waals surface area contributed by atoms with E-state index in [0.717, 1.165) is 11.6 Å². The second-order valence-corrected chi connectivity index (χ2v) is 5.76. The van der Waals surface area contributed by atoms with Gasteiger partial charge in [0.15, 0.2) is 24.0 Å². The van der Waals surface area contributed by atoms with Gasteiger partial charge in [0, 0.05) is 5.56 Å². The fourth-order valence-electron chi connectivity index (χ4n) is 2.66. The van der Waals surface area contributed by atoms with Gasteiger partial charge in [0.25, 0.3) is 0 Å². The molecule has 4 nitrogen and oxygen atoms in total. The first kappa shape index (κ1) is 18.3. The van der Waals surface area contributed by atoms with E-state index in [9.17, 15) is 14.0 Å². The first-order valence-corrected chi connectivity index (χ1v) is 8.28. The van der Waals surface area contributed by atoms with E-state index in [0.29, 0.717) is 11.1 Å². The molecule has 0 saturated heterocycles. The maximum Gasteiger partial charge on any atom is 0.339 e. The van der Waals surface area contributed by atoms with Crippen molar-refractivity contribution in [3.8, 4) is 16.9 Å². The maximum atomic E-state index is 13.7. The minimum atomic E-state index is -0.649. The van der Waals surface area contributed by atoms with Gasteiger partial charge in [-0.05, 0) is 35.4 Å². The summed E-state index contributed by atoms with van der Waals surface area (Å²) < 4.78 is 23.7.